The molecular weight excluding hydrogens is 480 g/mol. The molecule has 0 spiro atoms. The van der Waals surface area contributed by atoms with Crippen LogP contribution in [0.3, 0.4) is 0 Å². The van der Waals surface area contributed by atoms with E-state index in [1.54, 1.807) is 24.3 Å². The third-order valence-electron chi connectivity index (χ3n) is 5.26. The summed E-state index contributed by atoms with van der Waals surface area (Å²) in [6.07, 6.45) is -2.18. The summed E-state index contributed by atoms with van der Waals surface area (Å²) >= 11 is 3.58. The van der Waals surface area contributed by atoms with Crippen LogP contribution in [-0.2, 0) is 38.4 Å². The summed E-state index contributed by atoms with van der Waals surface area (Å²) in [5.41, 5.74) is 0.975. The summed E-state index contributed by atoms with van der Waals surface area (Å²) in [6, 6.07) is 6.71. The van der Waals surface area contributed by atoms with Gasteiger partial charge in [-0.25, -0.2) is 8.42 Å². The average molecular weight is 505 g/mol. The lowest BCUT2D eigenvalue weighted by Gasteiger charge is -2.41. The van der Waals surface area contributed by atoms with Gasteiger partial charge in [0.2, 0.25) is 0 Å². The zero-order valence-electron chi connectivity index (χ0n) is 16.9. The fourth-order valence-corrected chi connectivity index (χ4v) is 6.58. The second-order valence-corrected chi connectivity index (χ2v) is 10.7. The molecule has 8 nitrogen and oxygen atoms in total. The first kappa shape index (κ1) is 23.2. The highest BCUT2D eigenvalue weighted by Crippen LogP contribution is 2.43. The average Bonchev–Trinajstić information content (AvgIpc) is 3.04. The van der Waals surface area contributed by atoms with Gasteiger partial charge in [0.25, 0.3) is 0 Å². The maximum Gasteiger partial charge on any atom is 0.303 e. The van der Waals surface area contributed by atoms with Crippen LogP contribution < -0.4 is 0 Å². The second kappa shape index (κ2) is 9.33. The molecular formula is C20H25BrO8S. The van der Waals surface area contributed by atoms with Crippen molar-refractivity contribution in [2.45, 2.75) is 49.0 Å². The van der Waals surface area contributed by atoms with Gasteiger partial charge in [-0.3, -0.25) is 9.59 Å². The van der Waals surface area contributed by atoms with Crippen molar-refractivity contribution in [1.82, 2.24) is 0 Å². The number of aryl methyl sites for hydroxylation is 1. The van der Waals surface area contributed by atoms with Crippen LogP contribution in [0.25, 0.3) is 0 Å². The third kappa shape index (κ3) is 5.22. The monoisotopic (exact) mass is 504 g/mol. The minimum absolute atomic E-state index is 0.103. The number of hydrogen-bond donors (Lipinski definition) is 0. The first-order chi connectivity index (χ1) is 14.1. The van der Waals surface area contributed by atoms with Crippen molar-refractivity contribution in [3.05, 3.63) is 29.8 Å². The number of benzene rings is 1. The van der Waals surface area contributed by atoms with E-state index in [4.69, 9.17) is 18.9 Å². The van der Waals surface area contributed by atoms with Crippen molar-refractivity contribution in [2.75, 3.05) is 19.0 Å². The van der Waals surface area contributed by atoms with Gasteiger partial charge in [-0.05, 0) is 19.1 Å². The second-order valence-electron chi connectivity index (χ2n) is 7.63. The molecule has 2 fully saturated rings. The Bertz CT molecular complexity index is 885. The Kier molecular flexibility index (Phi) is 7.21. The van der Waals surface area contributed by atoms with Crippen LogP contribution in [0.15, 0.2) is 29.2 Å². The van der Waals surface area contributed by atoms with E-state index in [2.05, 4.69) is 15.9 Å². The lowest BCUT2D eigenvalue weighted by atomic mass is 9.86. The maximum absolute atomic E-state index is 12.9. The molecule has 2 heterocycles. The minimum atomic E-state index is -3.54. The molecule has 6 atom stereocenters. The van der Waals surface area contributed by atoms with E-state index in [-0.39, 0.29) is 35.7 Å². The van der Waals surface area contributed by atoms with E-state index in [0.717, 1.165) is 5.56 Å². The molecule has 1 aromatic rings. The molecule has 166 valence electrons. The number of sulfone groups is 1. The van der Waals surface area contributed by atoms with Crippen LogP contribution in [-0.4, -0.2) is 62.6 Å². The smallest absolute Gasteiger partial charge is 0.303 e. The van der Waals surface area contributed by atoms with Gasteiger partial charge in [0.05, 0.1) is 22.1 Å². The van der Waals surface area contributed by atoms with Gasteiger partial charge in [-0.1, -0.05) is 33.6 Å². The van der Waals surface area contributed by atoms with Crippen molar-refractivity contribution in [1.29, 1.82) is 0 Å². The summed E-state index contributed by atoms with van der Waals surface area (Å²) in [6.45, 7) is 4.53. The molecule has 0 amide bonds. The zero-order valence-corrected chi connectivity index (χ0v) is 19.3. The topological polar surface area (TPSA) is 105 Å². The first-order valence-corrected chi connectivity index (χ1v) is 12.2. The number of rotatable bonds is 6. The minimum Gasteiger partial charge on any atom is -0.463 e. The zero-order chi connectivity index (χ0) is 22.1. The van der Waals surface area contributed by atoms with Crippen LogP contribution in [0, 0.1) is 18.8 Å². The predicted molar refractivity (Wildman–Crippen MR) is 110 cm³/mol. The molecule has 0 aliphatic carbocycles. The fourth-order valence-electron chi connectivity index (χ4n) is 3.83. The predicted octanol–water partition coefficient (Wildman–Crippen LogP) is 2.01. The van der Waals surface area contributed by atoms with E-state index in [1.807, 2.05) is 6.92 Å². The highest BCUT2D eigenvalue weighted by atomic mass is 79.9. The van der Waals surface area contributed by atoms with Crippen LogP contribution in [0.5, 0.6) is 0 Å². The van der Waals surface area contributed by atoms with Gasteiger partial charge >= 0.3 is 11.9 Å². The van der Waals surface area contributed by atoms with E-state index in [1.165, 1.54) is 13.8 Å². The van der Waals surface area contributed by atoms with Gasteiger partial charge in [-0.15, -0.1) is 0 Å². The SMILES string of the molecule is CC(=O)OC[C@H]1O[C@@H]2OC[C@H](CS(=O)(=O)c3ccc(C)cc3)[C@@H]2[C@@H](Br)[C@@H]1OC(C)=O. The Morgan fingerprint density at radius 3 is 2.43 bits per heavy atom. The van der Waals surface area contributed by atoms with Gasteiger partial charge in [0, 0.05) is 25.7 Å². The molecule has 30 heavy (non-hydrogen) atoms. The molecule has 0 unspecified atom stereocenters. The number of esters is 2. The lowest BCUT2D eigenvalue weighted by molar-refractivity contribution is -0.232. The lowest BCUT2D eigenvalue weighted by Crippen LogP contribution is -2.55. The number of ether oxygens (including phenoxy) is 4. The molecule has 0 aromatic heterocycles. The molecule has 0 saturated carbocycles. The normalized spacial score (nSPS) is 31.1. The molecule has 2 aliphatic rings. The van der Waals surface area contributed by atoms with Gasteiger partial charge in [-0.2, -0.15) is 0 Å². The molecule has 0 radical (unpaired) electrons. The first-order valence-electron chi connectivity index (χ1n) is 9.59. The van der Waals surface area contributed by atoms with Gasteiger partial charge in [0.15, 0.2) is 16.1 Å². The Balaban J connectivity index is 1.78. The molecule has 2 saturated heterocycles. The van der Waals surface area contributed by atoms with Crippen LogP contribution in [0.2, 0.25) is 0 Å². The summed E-state index contributed by atoms with van der Waals surface area (Å²) < 4.78 is 48.0. The van der Waals surface area contributed by atoms with Crippen LogP contribution in [0.1, 0.15) is 19.4 Å². The van der Waals surface area contributed by atoms with Crippen molar-refractivity contribution >= 4 is 37.7 Å². The van der Waals surface area contributed by atoms with Crippen molar-refractivity contribution in [3.63, 3.8) is 0 Å². The molecule has 1 aromatic carbocycles. The standard InChI is InChI=1S/C20H25BrO8S/c1-11-4-6-15(7-5-11)30(24,25)10-14-8-27-20-17(14)18(21)19(28-13(3)23)16(29-20)9-26-12(2)22/h4-7,14,16-20H,8-10H2,1-3H3/t14-,16-,17-,18-,19-,20+/m1/s1. The number of fused-ring (bicyclic) bond motifs is 1. The van der Waals surface area contributed by atoms with Crippen molar-refractivity contribution in [2.24, 2.45) is 11.8 Å². The molecule has 3 rings (SSSR count). The highest BCUT2D eigenvalue weighted by Gasteiger charge is 2.54. The third-order valence-corrected chi connectivity index (χ3v) is 8.25. The number of hydrogen-bond acceptors (Lipinski definition) is 8. The Hall–Kier alpha value is -1.49. The Morgan fingerprint density at radius 2 is 1.83 bits per heavy atom. The van der Waals surface area contributed by atoms with Crippen LogP contribution >= 0.6 is 15.9 Å². The maximum atomic E-state index is 12.9. The number of carbonyl (C=O) groups excluding carboxylic acids is 2. The van der Waals surface area contributed by atoms with Crippen molar-refractivity contribution < 1.29 is 37.0 Å². The van der Waals surface area contributed by atoms with Gasteiger partial charge in [0.1, 0.15) is 18.8 Å². The van der Waals surface area contributed by atoms with E-state index in [0.29, 0.717) is 0 Å². The van der Waals surface area contributed by atoms with Crippen LogP contribution in [0.4, 0.5) is 0 Å². The quantitative estimate of drug-likeness (QED) is 0.427. The fraction of sp³-hybridized carbons (Fsp3) is 0.600. The highest BCUT2D eigenvalue weighted by molar-refractivity contribution is 9.09. The largest absolute Gasteiger partial charge is 0.463 e. The van der Waals surface area contributed by atoms with E-state index < -0.39 is 45.1 Å². The summed E-state index contributed by atoms with van der Waals surface area (Å²) in [7, 11) is -3.54. The molecule has 10 heteroatoms. The molecule has 0 bridgehead atoms. The van der Waals surface area contributed by atoms with Gasteiger partial charge < -0.3 is 18.9 Å². The van der Waals surface area contributed by atoms with E-state index >= 15 is 0 Å². The number of carbonyl (C=O) groups is 2. The Labute approximate surface area is 184 Å². The summed E-state index contributed by atoms with van der Waals surface area (Å²) in [5, 5.41) is 0. The number of alkyl halides is 1. The molecule has 2 aliphatic heterocycles. The van der Waals surface area contributed by atoms with Crippen molar-refractivity contribution in [3.8, 4) is 0 Å². The number of halogens is 1. The summed E-state index contributed by atoms with van der Waals surface area (Å²) in [5.74, 6) is -1.84. The summed E-state index contributed by atoms with van der Waals surface area (Å²) in [4.78, 5) is 22.6. The Morgan fingerprint density at radius 1 is 1.17 bits per heavy atom. The van der Waals surface area contributed by atoms with E-state index in [9.17, 15) is 18.0 Å². The molecule has 0 N–H and O–H groups in total.